The fourth-order valence-electron chi connectivity index (χ4n) is 3.68. The molecule has 1 N–H and O–H groups in total. The van der Waals surface area contributed by atoms with Gasteiger partial charge >= 0.3 is 0 Å². The number of hydrogen-bond donors (Lipinski definition) is 1. The second-order valence-electron chi connectivity index (χ2n) is 7.50. The second kappa shape index (κ2) is 5.48. The van der Waals surface area contributed by atoms with Crippen LogP contribution in [0.25, 0.3) is 0 Å². The summed E-state index contributed by atoms with van der Waals surface area (Å²) in [4.78, 5) is 4.34. The van der Waals surface area contributed by atoms with Crippen LogP contribution in [0, 0.1) is 11.3 Å². The molecule has 1 unspecified atom stereocenters. The van der Waals surface area contributed by atoms with Crippen molar-refractivity contribution in [2.45, 2.75) is 65.3 Å². The van der Waals surface area contributed by atoms with Crippen LogP contribution in [0.2, 0.25) is 0 Å². The number of nitrogens with zero attached hydrogens (tertiary/aromatic N) is 2. The van der Waals surface area contributed by atoms with Crippen molar-refractivity contribution in [3.05, 3.63) is 0 Å². The smallest absolute Gasteiger partial charge is 0.165 e. The summed E-state index contributed by atoms with van der Waals surface area (Å²) in [6.45, 7) is 9.07. The molecule has 1 aliphatic heterocycles. The van der Waals surface area contributed by atoms with Gasteiger partial charge in [-0.1, -0.05) is 20.8 Å². The summed E-state index contributed by atoms with van der Waals surface area (Å²) in [6.07, 6.45) is 6.23. The van der Waals surface area contributed by atoms with Crippen molar-refractivity contribution in [2.75, 3.05) is 20.1 Å². The van der Waals surface area contributed by atoms with Crippen molar-refractivity contribution in [1.29, 1.82) is 0 Å². The predicted molar refractivity (Wildman–Crippen MR) is 75.2 cm³/mol. The highest BCUT2D eigenvalue weighted by Crippen LogP contribution is 2.36. The van der Waals surface area contributed by atoms with Crippen molar-refractivity contribution in [2.24, 2.45) is 11.3 Å². The molecule has 0 aromatic heterocycles. The van der Waals surface area contributed by atoms with Gasteiger partial charge in [-0.25, -0.2) is 0 Å². The Bertz CT molecular complexity index is 266. The average Bonchev–Trinajstić information content (AvgIpc) is 2.59. The van der Waals surface area contributed by atoms with Crippen LogP contribution in [-0.4, -0.2) is 47.4 Å². The monoisotopic (exact) mass is 254 g/mol. The fourth-order valence-corrected chi connectivity index (χ4v) is 3.68. The van der Waals surface area contributed by atoms with Crippen LogP contribution in [0.3, 0.4) is 0 Å². The van der Waals surface area contributed by atoms with Crippen LogP contribution in [-0.2, 0) is 0 Å². The van der Waals surface area contributed by atoms with Crippen molar-refractivity contribution in [3.8, 4) is 0 Å². The van der Waals surface area contributed by atoms with Gasteiger partial charge in [-0.15, -0.1) is 0 Å². The van der Waals surface area contributed by atoms with E-state index in [9.17, 15) is 5.11 Å². The maximum absolute atomic E-state index is 10.1. The highest BCUT2D eigenvalue weighted by Gasteiger charge is 2.35. The van der Waals surface area contributed by atoms with Crippen molar-refractivity contribution < 1.29 is 5.11 Å². The zero-order valence-corrected chi connectivity index (χ0v) is 12.5. The largest absolute Gasteiger partial charge is 0.365 e. The molecule has 0 bridgehead atoms. The molecule has 0 aromatic rings. The lowest BCUT2D eigenvalue weighted by Crippen LogP contribution is -2.44. The number of aliphatic hydroxyl groups excluding tert-OH is 1. The minimum atomic E-state index is -0.339. The van der Waals surface area contributed by atoms with Gasteiger partial charge in [0, 0.05) is 19.1 Å². The van der Waals surface area contributed by atoms with E-state index in [1.54, 1.807) is 0 Å². The van der Waals surface area contributed by atoms with E-state index in [0.717, 1.165) is 19.0 Å². The maximum atomic E-state index is 10.1. The van der Waals surface area contributed by atoms with Crippen molar-refractivity contribution in [1.82, 2.24) is 9.80 Å². The highest BCUT2D eigenvalue weighted by molar-refractivity contribution is 4.85. The van der Waals surface area contributed by atoms with E-state index in [-0.39, 0.29) is 6.35 Å². The summed E-state index contributed by atoms with van der Waals surface area (Å²) in [5.74, 6) is 0.902. The summed E-state index contributed by atoms with van der Waals surface area (Å²) in [7, 11) is 2.01. The van der Waals surface area contributed by atoms with E-state index in [0.29, 0.717) is 11.5 Å². The molecule has 3 nitrogen and oxygen atoms in total. The average molecular weight is 254 g/mol. The Balaban J connectivity index is 1.80. The van der Waals surface area contributed by atoms with Crippen LogP contribution in [0.15, 0.2) is 0 Å². The lowest BCUT2D eigenvalue weighted by atomic mass is 9.76. The van der Waals surface area contributed by atoms with Crippen molar-refractivity contribution >= 4 is 0 Å². The molecule has 0 amide bonds. The van der Waals surface area contributed by atoms with Gasteiger partial charge in [0.2, 0.25) is 0 Å². The lowest BCUT2D eigenvalue weighted by Gasteiger charge is -2.38. The summed E-state index contributed by atoms with van der Waals surface area (Å²) < 4.78 is 0. The predicted octanol–water partition coefficient (Wildman–Crippen LogP) is 2.50. The Kier molecular flexibility index (Phi) is 4.35. The zero-order chi connectivity index (χ0) is 13.3. The van der Waals surface area contributed by atoms with Gasteiger partial charge in [-0.05, 0) is 50.5 Å². The number of likely N-dealkylation sites (N-methyl/N-ethyl adjacent to an activating group) is 1. The summed E-state index contributed by atoms with van der Waals surface area (Å²) >= 11 is 0. The Morgan fingerprint density at radius 1 is 1.06 bits per heavy atom. The van der Waals surface area contributed by atoms with Gasteiger partial charge < -0.3 is 5.11 Å². The van der Waals surface area contributed by atoms with Crippen LogP contribution in [0.1, 0.15) is 52.9 Å². The number of rotatable bonds is 2. The van der Waals surface area contributed by atoms with E-state index in [1.807, 2.05) is 11.9 Å². The Morgan fingerprint density at radius 2 is 1.67 bits per heavy atom. The SMILES string of the molecule is CN1CCN([C@H]2CC[C@@H](CC(C)(C)C)CC2)C1O. The van der Waals surface area contributed by atoms with Gasteiger partial charge in [0.25, 0.3) is 0 Å². The third-order valence-electron chi connectivity index (χ3n) is 4.59. The molecule has 1 saturated carbocycles. The molecule has 3 heteroatoms. The molecule has 0 radical (unpaired) electrons. The second-order valence-corrected chi connectivity index (χ2v) is 7.50. The standard InChI is InChI=1S/C15H30N2O/c1-15(2,3)11-12-5-7-13(8-6-12)17-10-9-16(4)14(17)18/h12-14,18H,5-11H2,1-4H3/t12-,13+,14?. The molecule has 1 atom stereocenters. The van der Waals surface area contributed by atoms with Gasteiger partial charge in [0.1, 0.15) is 0 Å². The first-order valence-corrected chi connectivity index (χ1v) is 7.51. The van der Waals surface area contributed by atoms with E-state index in [2.05, 4.69) is 25.7 Å². The normalized spacial score (nSPS) is 36.2. The molecule has 106 valence electrons. The molecule has 0 spiro atoms. The minimum absolute atomic E-state index is 0.339. The van der Waals surface area contributed by atoms with Crippen LogP contribution >= 0.6 is 0 Å². The Labute approximate surface area is 112 Å². The van der Waals surface area contributed by atoms with Crippen LogP contribution in [0.5, 0.6) is 0 Å². The van der Waals surface area contributed by atoms with Gasteiger partial charge in [0.15, 0.2) is 6.35 Å². The molecule has 1 heterocycles. The van der Waals surface area contributed by atoms with Crippen LogP contribution < -0.4 is 0 Å². The number of hydrogen-bond acceptors (Lipinski definition) is 3. The molecular formula is C15H30N2O. The van der Waals surface area contributed by atoms with Gasteiger partial charge in [-0.2, -0.15) is 0 Å². The first kappa shape index (κ1) is 14.3. The first-order valence-electron chi connectivity index (χ1n) is 7.51. The molecule has 1 aliphatic carbocycles. The maximum Gasteiger partial charge on any atom is 0.165 e. The molecular weight excluding hydrogens is 224 g/mol. The van der Waals surface area contributed by atoms with Crippen LogP contribution in [0.4, 0.5) is 0 Å². The highest BCUT2D eigenvalue weighted by atomic mass is 16.3. The Morgan fingerprint density at radius 3 is 2.11 bits per heavy atom. The first-order chi connectivity index (χ1) is 8.37. The summed E-state index contributed by atoms with van der Waals surface area (Å²) in [6, 6.07) is 0.612. The molecule has 1 saturated heterocycles. The number of aliphatic hydroxyl groups is 1. The zero-order valence-electron chi connectivity index (χ0n) is 12.5. The third-order valence-corrected chi connectivity index (χ3v) is 4.59. The fraction of sp³-hybridized carbons (Fsp3) is 1.00. The molecule has 18 heavy (non-hydrogen) atoms. The Hall–Kier alpha value is -0.120. The van der Waals surface area contributed by atoms with E-state index in [1.165, 1.54) is 32.1 Å². The van der Waals surface area contributed by atoms with E-state index >= 15 is 0 Å². The van der Waals surface area contributed by atoms with Crippen molar-refractivity contribution in [3.63, 3.8) is 0 Å². The van der Waals surface area contributed by atoms with E-state index < -0.39 is 0 Å². The molecule has 2 rings (SSSR count). The van der Waals surface area contributed by atoms with Gasteiger partial charge in [0.05, 0.1) is 0 Å². The summed E-state index contributed by atoms with van der Waals surface area (Å²) in [5, 5.41) is 10.1. The molecule has 2 aliphatic rings. The lowest BCUT2D eigenvalue weighted by molar-refractivity contribution is -0.0736. The summed E-state index contributed by atoms with van der Waals surface area (Å²) in [5.41, 5.74) is 0.463. The van der Waals surface area contributed by atoms with E-state index in [4.69, 9.17) is 0 Å². The van der Waals surface area contributed by atoms with Gasteiger partial charge in [-0.3, -0.25) is 9.80 Å². The topological polar surface area (TPSA) is 26.7 Å². The molecule has 2 fully saturated rings. The third kappa shape index (κ3) is 3.46. The quantitative estimate of drug-likeness (QED) is 0.820. The molecule has 0 aromatic carbocycles. The minimum Gasteiger partial charge on any atom is -0.365 e.